The molecule has 24 heavy (non-hydrogen) atoms. The van der Waals surface area contributed by atoms with Crippen LogP contribution in [0.1, 0.15) is 31.2 Å². The summed E-state index contributed by atoms with van der Waals surface area (Å²) < 4.78 is 40.7. The van der Waals surface area contributed by atoms with Crippen molar-refractivity contribution in [3.8, 4) is 0 Å². The number of carbonyl (C=O) groups excluding carboxylic acids is 1. The van der Waals surface area contributed by atoms with E-state index in [9.17, 15) is 23.1 Å². The molecule has 4 nitrogen and oxygen atoms in total. The normalized spacial score (nSPS) is 27.0. The van der Waals surface area contributed by atoms with Crippen LogP contribution < -0.4 is 0 Å². The van der Waals surface area contributed by atoms with Gasteiger partial charge in [-0.2, -0.15) is 23.3 Å². The summed E-state index contributed by atoms with van der Waals surface area (Å²) in [5, 5.41) is 15.0. The molecule has 2 atom stereocenters. The van der Waals surface area contributed by atoms with Gasteiger partial charge in [-0.25, -0.2) is 0 Å². The van der Waals surface area contributed by atoms with Crippen LogP contribution in [-0.2, 0) is 11.2 Å². The highest BCUT2D eigenvalue weighted by molar-refractivity contribution is 6.30. The predicted molar refractivity (Wildman–Crippen MR) is 82.4 cm³/mol. The van der Waals surface area contributed by atoms with Crippen LogP contribution >= 0.6 is 11.6 Å². The lowest BCUT2D eigenvalue weighted by atomic mass is 9.80. The van der Waals surface area contributed by atoms with Gasteiger partial charge in [-0.3, -0.25) is 4.79 Å². The Hall–Kier alpha value is -1.60. The van der Waals surface area contributed by atoms with Crippen molar-refractivity contribution in [1.29, 1.82) is 0 Å². The van der Waals surface area contributed by atoms with Crippen molar-refractivity contribution in [1.82, 2.24) is 5.01 Å². The number of halogens is 4. The Kier molecular flexibility index (Phi) is 4.34. The number of alkyl halides is 3. The molecule has 8 heteroatoms. The van der Waals surface area contributed by atoms with E-state index in [1.807, 2.05) is 0 Å². The van der Waals surface area contributed by atoms with Crippen LogP contribution in [0, 0.1) is 5.92 Å². The fraction of sp³-hybridized carbons (Fsp3) is 0.500. The Morgan fingerprint density at radius 3 is 2.62 bits per heavy atom. The van der Waals surface area contributed by atoms with Gasteiger partial charge in [-0.05, 0) is 37.0 Å². The quantitative estimate of drug-likeness (QED) is 0.877. The average molecular weight is 361 g/mol. The van der Waals surface area contributed by atoms with E-state index in [1.54, 1.807) is 24.3 Å². The van der Waals surface area contributed by atoms with E-state index < -0.39 is 23.7 Å². The number of amides is 1. The third kappa shape index (κ3) is 2.80. The van der Waals surface area contributed by atoms with Crippen LogP contribution in [0.2, 0.25) is 5.02 Å². The molecular formula is C16H16ClF3N2O2. The molecule has 1 N–H and O–H groups in total. The van der Waals surface area contributed by atoms with Gasteiger partial charge in [0.25, 0.3) is 5.72 Å². The summed E-state index contributed by atoms with van der Waals surface area (Å²) in [5.74, 6) is -2.07. The zero-order valence-electron chi connectivity index (χ0n) is 12.7. The van der Waals surface area contributed by atoms with Gasteiger partial charge in [0.15, 0.2) is 0 Å². The largest absolute Gasteiger partial charge is 0.439 e. The Morgan fingerprint density at radius 2 is 2.00 bits per heavy atom. The fourth-order valence-electron chi connectivity index (χ4n) is 3.32. The van der Waals surface area contributed by atoms with Crippen LogP contribution in [0.5, 0.6) is 0 Å². The SMILES string of the molecule is O=C(Cc1ccc(Cl)cc1)N1N=C2CCCCC2C1(O)C(F)(F)F. The summed E-state index contributed by atoms with van der Waals surface area (Å²) in [6, 6.07) is 6.22. The van der Waals surface area contributed by atoms with Crippen molar-refractivity contribution >= 4 is 23.2 Å². The highest BCUT2D eigenvalue weighted by Crippen LogP contribution is 2.48. The van der Waals surface area contributed by atoms with Crippen molar-refractivity contribution in [2.45, 2.75) is 44.0 Å². The second kappa shape index (κ2) is 6.04. The first kappa shape index (κ1) is 17.2. The summed E-state index contributed by atoms with van der Waals surface area (Å²) in [6.07, 6.45) is -3.45. The van der Waals surface area contributed by atoms with Gasteiger partial charge in [0.2, 0.25) is 5.91 Å². The lowest BCUT2D eigenvalue weighted by Gasteiger charge is -2.38. The van der Waals surface area contributed by atoms with E-state index >= 15 is 0 Å². The minimum Gasteiger partial charge on any atom is -0.362 e. The summed E-state index contributed by atoms with van der Waals surface area (Å²) in [4.78, 5) is 12.4. The first-order chi connectivity index (χ1) is 11.2. The molecule has 1 aliphatic heterocycles. The fourth-order valence-corrected chi connectivity index (χ4v) is 3.44. The second-order valence-corrected chi connectivity index (χ2v) is 6.56. The maximum absolute atomic E-state index is 13.6. The number of rotatable bonds is 2. The van der Waals surface area contributed by atoms with Crippen LogP contribution in [0.15, 0.2) is 29.4 Å². The number of nitrogens with zero attached hydrogens (tertiary/aromatic N) is 2. The Balaban J connectivity index is 1.90. The van der Waals surface area contributed by atoms with Crippen LogP contribution in [-0.4, -0.2) is 33.6 Å². The van der Waals surface area contributed by atoms with Gasteiger partial charge in [-0.15, -0.1) is 0 Å². The van der Waals surface area contributed by atoms with Crippen molar-refractivity contribution in [3.05, 3.63) is 34.9 Å². The third-order valence-electron chi connectivity index (χ3n) is 4.54. The van der Waals surface area contributed by atoms with Gasteiger partial charge >= 0.3 is 6.18 Å². The third-order valence-corrected chi connectivity index (χ3v) is 4.79. The van der Waals surface area contributed by atoms with Crippen LogP contribution in [0.4, 0.5) is 13.2 Å². The molecule has 1 aromatic rings. The Morgan fingerprint density at radius 1 is 1.33 bits per heavy atom. The van der Waals surface area contributed by atoms with E-state index in [2.05, 4.69) is 5.10 Å². The number of hydrogen-bond donors (Lipinski definition) is 1. The van der Waals surface area contributed by atoms with Crippen LogP contribution in [0.25, 0.3) is 0 Å². The number of carbonyl (C=O) groups is 1. The van der Waals surface area contributed by atoms with Crippen LogP contribution in [0.3, 0.4) is 0 Å². The molecule has 1 heterocycles. The van der Waals surface area contributed by atoms with E-state index in [0.717, 1.165) is 0 Å². The first-order valence-electron chi connectivity index (χ1n) is 7.67. The first-order valence-corrected chi connectivity index (χ1v) is 8.05. The molecule has 1 amide bonds. The summed E-state index contributed by atoms with van der Waals surface area (Å²) >= 11 is 5.76. The van der Waals surface area contributed by atoms with E-state index in [-0.39, 0.29) is 23.6 Å². The minimum absolute atomic E-state index is 0.166. The topological polar surface area (TPSA) is 52.9 Å². The maximum Gasteiger partial charge on any atom is 0.439 e. The molecular weight excluding hydrogens is 345 g/mol. The van der Waals surface area contributed by atoms with E-state index in [4.69, 9.17) is 11.6 Å². The highest BCUT2D eigenvalue weighted by atomic mass is 35.5. The summed E-state index contributed by atoms with van der Waals surface area (Å²) in [7, 11) is 0. The lowest BCUT2D eigenvalue weighted by molar-refractivity contribution is -0.317. The van der Waals surface area contributed by atoms with Crippen molar-refractivity contribution in [2.24, 2.45) is 11.0 Å². The molecule has 1 aromatic carbocycles. The van der Waals surface area contributed by atoms with E-state index in [0.29, 0.717) is 29.8 Å². The molecule has 1 aliphatic carbocycles. The number of fused-ring (bicyclic) bond motifs is 1. The monoisotopic (exact) mass is 360 g/mol. The minimum atomic E-state index is -4.98. The molecule has 3 rings (SSSR count). The van der Waals surface area contributed by atoms with E-state index in [1.165, 1.54) is 0 Å². The zero-order valence-corrected chi connectivity index (χ0v) is 13.4. The van der Waals surface area contributed by atoms with Gasteiger partial charge in [0, 0.05) is 10.7 Å². The molecule has 2 aliphatic rings. The number of aliphatic hydroxyl groups is 1. The van der Waals surface area contributed by atoms with Crippen molar-refractivity contribution in [3.63, 3.8) is 0 Å². The smallest absolute Gasteiger partial charge is 0.362 e. The van der Waals surface area contributed by atoms with Gasteiger partial charge < -0.3 is 5.11 Å². The molecule has 0 aromatic heterocycles. The van der Waals surface area contributed by atoms with Crippen molar-refractivity contribution in [2.75, 3.05) is 0 Å². The molecule has 1 saturated carbocycles. The number of hydrogen-bond acceptors (Lipinski definition) is 3. The Bertz CT molecular complexity index is 675. The predicted octanol–water partition coefficient (Wildman–Crippen LogP) is 3.52. The van der Waals surface area contributed by atoms with Gasteiger partial charge in [0.05, 0.1) is 12.3 Å². The molecule has 130 valence electrons. The second-order valence-electron chi connectivity index (χ2n) is 6.12. The molecule has 0 spiro atoms. The summed E-state index contributed by atoms with van der Waals surface area (Å²) in [6.45, 7) is 0. The molecule has 0 saturated heterocycles. The van der Waals surface area contributed by atoms with Gasteiger partial charge in [0.1, 0.15) is 0 Å². The maximum atomic E-state index is 13.6. The number of benzene rings is 1. The molecule has 2 unspecified atom stereocenters. The zero-order chi connectivity index (χ0) is 17.5. The molecule has 0 radical (unpaired) electrons. The highest BCUT2D eigenvalue weighted by Gasteiger charge is 2.68. The molecule has 1 fully saturated rings. The number of hydrazone groups is 1. The van der Waals surface area contributed by atoms with Crippen molar-refractivity contribution < 1.29 is 23.1 Å². The molecule has 0 bridgehead atoms. The Labute approximate surface area is 141 Å². The average Bonchev–Trinajstić information content (AvgIpc) is 2.84. The van der Waals surface area contributed by atoms with Gasteiger partial charge in [-0.1, -0.05) is 30.2 Å². The summed E-state index contributed by atoms with van der Waals surface area (Å²) in [5.41, 5.74) is -2.50. The standard InChI is InChI=1S/C16H16ClF3N2O2/c17-11-7-5-10(6-8-11)9-14(23)22-15(24,16(18,19)20)12-3-1-2-4-13(12)21-22/h5-8,12,24H,1-4,9H2. The lowest BCUT2D eigenvalue weighted by Crippen LogP contribution is -2.61.